The van der Waals surface area contributed by atoms with Crippen molar-refractivity contribution in [1.29, 1.82) is 0 Å². The van der Waals surface area contributed by atoms with Crippen molar-refractivity contribution in [1.82, 2.24) is 0 Å². The Balaban J connectivity index is 1.94. The molecule has 6 nitrogen and oxygen atoms in total. The Hall–Kier alpha value is -3.77. The summed E-state index contributed by atoms with van der Waals surface area (Å²) in [5.74, 6) is -0.897. The topological polar surface area (TPSA) is 76.1 Å². The van der Waals surface area contributed by atoms with Gasteiger partial charge in [0.1, 0.15) is 17.3 Å². The number of benzene rings is 3. The Morgan fingerprint density at radius 3 is 2.44 bits per heavy atom. The van der Waals surface area contributed by atoms with Crippen LogP contribution < -0.4 is 14.4 Å². The molecule has 0 aliphatic carbocycles. The van der Waals surface area contributed by atoms with E-state index >= 15 is 0 Å². The molecule has 1 fully saturated rings. The highest BCUT2D eigenvalue weighted by molar-refractivity contribution is 6.51. The average Bonchev–Trinajstić information content (AvgIpc) is 3.10. The molecule has 0 aromatic heterocycles. The van der Waals surface area contributed by atoms with Gasteiger partial charge in [0.15, 0.2) is 0 Å². The number of aryl methyl sites for hydroxylation is 1. The van der Waals surface area contributed by atoms with Gasteiger partial charge in [-0.3, -0.25) is 14.5 Å². The van der Waals surface area contributed by atoms with E-state index in [-0.39, 0.29) is 16.9 Å². The Labute approximate surface area is 203 Å². The van der Waals surface area contributed by atoms with Gasteiger partial charge in [-0.1, -0.05) is 41.4 Å². The zero-order chi connectivity index (χ0) is 24.4. The number of nitrogens with zero attached hydrogens (tertiary/aromatic N) is 1. The second kappa shape index (κ2) is 9.61. The lowest BCUT2D eigenvalue weighted by molar-refractivity contribution is -0.132. The van der Waals surface area contributed by atoms with Crippen molar-refractivity contribution in [3.63, 3.8) is 0 Å². The Morgan fingerprint density at radius 1 is 1.06 bits per heavy atom. The molecule has 1 N–H and O–H groups in total. The largest absolute Gasteiger partial charge is 0.507 e. The van der Waals surface area contributed by atoms with Crippen LogP contribution >= 0.6 is 11.6 Å². The van der Waals surface area contributed by atoms with E-state index < -0.39 is 17.7 Å². The lowest BCUT2D eigenvalue weighted by Crippen LogP contribution is -2.29. The Bertz CT molecular complexity index is 1280. The maximum Gasteiger partial charge on any atom is 0.300 e. The van der Waals surface area contributed by atoms with Crippen molar-refractivity contribution >= 4 is 34.7 Å². The van der Waals surface area contributed by atoms with Gasteiger partial charge in [-0.2, -0.15) is 0 Å². The van der Waals surface area contributed by atoms with Crippen LogP contribution in [0.15, 0.2) is 72.3 Å². The van der Waals surface area contributed by atoms with Gasteiger partial charge in [0.2, 0.25) is 0 Å². The molecule has 0 radical (unpaired) electrons. The third kappa shape index (κ3) is 4.24. The highest BCUT2D eigenvalue weighted by atomic mass is 35.5. The summed E-state index contributed by atoms with van der Waals surface area (Å²) in [6.45, 7) is 4.31. The fraction of sp³-hybridized carbons (Fsp3) is 0.185. The molecule has 174 valence electrons. The normalized spacial score (nSPS) is 17.2. The van der Waals surface area contributed by atoms with E-state index in [9.17, 15) is 14.7 Å². The fourth-order valence-electron chi connectivity index (χ4n) is 4.13. The second-order valence-electron chi connectivity index (χ2n) is 7.85. The number of ether oxygens (including phenoxy) is 2. The van der Waals surface area contributed by atoms with Crippen LogP contribution in [0.1, 0.15) is 29.7 Å². The van der Waals surface area contributed by atoms with E-state index in [2.05, 4.69) is 0 Å². The van der Waals surface area contributed by atoms with E-state index in [4.69, 9.17) is 21.1 Å². The van der Waals surface area contributed by atoms with Crippen LogP contribution in [0.2, 0.25) is 5.02 Å². The summed E-state index contributed by atoms with van der Waals surface area (Å²) in [5.41, 5.74) is 2.35. The quantitative estimate of drug-likeness (QED) is 0.281. The van der Waals surface area contributed by atoms with Crippen molar-refractivity contribution in [3.05, 3.63) is 94.0 Å². The zero-order valence-corrected chi connectivity index (χ0v) is 19.8. The van der Waals surface area contributed by atoms with E-state index in [1.165, 1.54) is 18.1 Å². The maximum absolute atomic E-state index is 13.3. The van der Waals surface area contributed by atoms with Gasteiger partial charge in [0, 0.05) is 10.7 Å². The number of ketones is 1. The molecule has 0 spiro atoms. The molecule has 3 aromatic carbocycles. The van der Waals surface area contributed by atoms with Gasteiger partial charge < -0.3 is 14.6 Å². The van der Waals surface area contributed by atoms with Crippen LogP contribution in [0.3, 0.4) is 0 Å². The number of aliphatic hydroxyl groups excluding tert-OH is 1. The van der Waals surface area contributed by atoms with Crippen molar-refractivity contribution in [2.24, 2.45) is 0 Å². The predicted octanol–water partition coefficient (Wildman–Crippen LogP) is 5.68. The number of hydrogen-bond donors (Lipinski definition) is 1. The van der Waals surface area contributed by atoms with E-state index in [1.54, 1.807) is 36.4 Å². The van der Waals surface area contributed by atoms with Gasteiger partial charge in [-0.05, 0) is 61.9 Å². The number of amides is 1. The third-order valence-electron chi connectivity index (χ3n) is 5.64. The molecule has 7 heteroatoms. The van der Waals surface area contributed by atoms with E-state index in [0.29, 0.717) is 34.4 Å². The lowest BCUT2D eigenvalue weighted by atomic mass is 9.94. The number of rotatable bonds is 6. The first-order valence-corrected chi connectivity index (χ1v) is 11.2. The molecule has 1 atom stereocenters. The van der Waals surface area contributed by atoms with Crippen LogP contribution in [-0.4, -0.2) is 30.5 Å². The number of carbonyl (C=O) groups is 2. The number of methoxy groups -OCH3 is 1. The minimum Gasteiger partial charge on any atom is -0.507 e. The van der Waals surface area contributed by atoms with Crippen molar-refractivity contribution < 1.29 is 24.2 Å². The molecule has 1 saturated heterocycles. The summed E-state index contributed by atoms with van der Waals surface area (Å²) >= 11 is 6.17. The summed E-state index contributed by atoms with van der Waals surface area (Å²) in [6.07, 6.45) is 0. The van der Waals surface area contributed by atoms with Crippen LogP contribution in [0.5, 0.6) is 11.5 Å². The second-order valence-corrected chi connectivity index (χ2v) is 8.29. The minimum atomic E-state index is -0.846. The highest BCUT2D eigenvalue weighted by Crippen LogP contribution is 2.44. The average molecular weight is 478 g/mol. The molecule has 4 rings (SSSR count). The van der Waals surface area contributed by atoms with Gasteiger partial charge in [0.05, 0.1) is 30.9 Å². The number of hydrogen-bond acceptors (Lipinski definition) is 5. The highest BCUT2D eigenvalue weighted by Gasteiger charge is 2.47. The molecule has 1 unspecified atom stereocenters. The van der Waals surface area contributed by atoms with Crippen molar-refractivity contribution in [2.75, 3.05) is 18.6 Å². The predicted molar refractivity (Wildman–Crippen MR) is 132 cm³/mol. The SMILES string of the molecule is CCOc1ccc(N2C(=O)C(=O)/C(=C(/O)c3cc(Cl)ccc3OC)C2c2cccc(C)c2)cc1. The first kappa shape index (κ1) is 23.4. The summed E-state index contributed by atoms with van der Waals surface area (Å²) in [6, 6.07) is 18.3. The van der Waals surface area contributed by atoms with E-state index in [1.807, 2.05) is 38.1 Å². The molecule has 1 amide bonds. The summed E-state index contributed by atoms with van der Waals surface area (Å²) < 4.78 is 10.9. The summed E-state index contributed by atoms with van der Waals surface area (Å²) in [5, 5.41) is 11.7. The molecule has 1 aliphatic heterocycles. The summed E-state index contributed by atoms with van der Waals surface area (Å²) in [4.78, 5) is 28.0. The number of halogens is 1. The van der Waals surface area contributed by atoms with Crippen molar-refractivity contribution in [2.45, 2.75) is 19.9 Å². The summed E-state index contributed by atoms with van der Waals surface area (Å²) in [7, 11) is 1.45. The standard InChI is InChI=1S/C27H24ClNO5/c1-4-34-20-11-9-19(10-12-20)29-24(17-7-5-6-16(2)14-17)23(26(31)27(29)32)25(30)21-15-18(28)8-13-22(21)33-3/h5-15,24,30H,4H2,1-3H3/b25-23+. The third-order valence-corrected chi connectivity index (χ3v) is 5.88. The van der Waals surface area contributed by atoms with Gasteiger partial charge in [-0.25, -0.2) is 0 Å². The monoisotopic (exact) mass is 477 g/mol. The first-order chi connectivity index (χ1) is 16.3. The Morgan fingerprint density at radius 2 is 1.79 bits per heavy atom. The molecule has 1 heterocycles. The minimum absolute atomic E-state index is 0.0370. The van der Waals surface area contributed by atoms with Crippen LogP contribution in [-0.2, 0) is 9.59 Å². The fourth-order valence-corrected chi connectivity index (χ4v) is 4.31. The molecular formula is C27H24ClNO5. The molecule has 1 aliphatic rings. The first-order valence-electron chi connectivity index (χ1n) is 10.8. The molecule has 3 aromatic rings. The van der Waals surface area contributed by atoms with Gasteiger partial charge >= 0.3 is 0 Å². The lowest BCUT2D eigenvalue weighted by Gasteiger charge is -2.26. The van der Waals surface area contributed by atoms with Crippen LogP contribution in [0, 0.1) is 6.92 Å². The smallest absolute Gasteiger partial charge is 0.300 e. The Kier molecular flexibility index (Phi) is 6.61. The van der Waals surface area contributed by atoms with Crippen LogP contribution in [0.4, 0.5) is 5.69 Å². The number of Topliss-reactive ketones (excluding diaryl/α,β-unsaturated/α-hetero) is 1. The van der Waals surface area contributed by atoms with E-state index in [0.717, 1.165) is 5.56 Å². The van der Waals surface area contributed by atoms with Gasteiger partial charge in [-0.15, -0.1) is 0 Å². The molecular weight excluding hydrogens is 454 g/mol. The molecule has 0 bridgehead atoms. The number of anilines is 1. The van der Waals surface area contributed by atoms with Crippen molar-refractivity contribution in [3.8, 4) is 11.5 Å². The molecule has 34 heavy (non-hydrogen) atoms. The van der Waals surface area contributed by atoms with Gasteiger partial charge in [0.25, 0.3) is 11.7 Å². The maximum atomic E-state index is 13.3. The zero-order valence-electron chi connectivity index (χ0n) is 19.0. The number of aliphatic hydroxyl groups is 1. The number of carbonyl (C=O) groups excluding carboxylic acids is 2. The van der Waals surface area contributed by atoms with Crippen LogP contribution in [0.25, 0.3) is 5.76 Å². The molecule has 0 saturated carbocycles.